The first kappa shape index (κ1) is 9.77. The Bertz CT molecular complexity index is 316. The molecule has 1 rings (SSSR count). The molecule has 0 bridgehead atoms. The summed E-state index contributed by atoms with van der Waals surface area (Å²) in [6, 6.07) is 0. The molecule has 4 heteroatoms. The second-order valence-electron chi connectivity index (χ2n) is 3.51. The average Bonchev–Trinajstić information content (AvgIpc) is 2.32. The maximum atomic E-state index is 10.4. The van der Waals surface area contributed by atoms with Crippen molar-refractivity contribution >= 4 is 6.29 Å². The Kier molecular flexibility index (Phi) is 2.70. The molecule has 0 aromatic carbocycles. The van der Waals surface area contributed by atoms with Crippen LogP contribution in [0.3, 0.4) is 0 Å². The molecule has 0 unspecified atom stereocenters. The first-order valence-corrected chi connectivity index (χ1v) is 4.27. The van der Waals surface area contributed by atoms with Gasteiger partial charge in [-0.05, 0) is 12.8 Å². The lowest BCUT2D eigenvalue weighted by atomic mass is 10.2. The van der Waals surface area contributed by atoms with Gasteiger partial charge in [0.05, 0.1) is 5.69 Å². The van der Waals surface area contributed by atoms with Crippen molar-refractivity contribution in [2.75, 3.05) is 0 Å². The molecule has 4 nitrogen and oxygen atoms in total. The third-order valence-electron chi connectivity index (χ3n) is 1.85. The maximum absolute atomic E-state index is 10.4. The number of hydrogen-bond acceptors (Lipinski definition) is 3. The number of carbonyl (C=O) groups is 1. The van der Waals surface area contributed by atoms with Crippen molar-refractivity contribution in [2.24, 2.45) is 5.92 Å². The van der Waals surface area contributed by atoms with E-state index in [4.69, 9.17) is 0 Å². The zero-order chi connectivity index (χ0) is 10.0. The highest BCUT2D eigenvalue weighted by molar-refractivity contribution is 5.76. The number of rotatable bonds is 3. The summed E-state index contributed by atoms with van der Waals surface area (Å²) in [5.41, 5.74) is 0.772. The van der Waals surface area contributed by atoms with Gasteiger partial charge in [-0.25, -0.2) is 0 Å². The molecule has 1 heterocycles. The van der Waals surface area contributed by atoms with Crippen molar-refractivity contribution in [2.45, 2.75) is 27.3 Å². The molecule has 0 saturated carbocycles. The normalized spacial score (nSPS) is 10.8. The van der Waals surface area contributed by atoms with Crippen molar-refractivity contribution in [3.8, 4) is 5.75 Å². The van der Waals surface area contributed by atoms with Gasteiger partial charge in [-0.2, -0.15) is 5.10 Å². The first-order chi connectivity index (χ1) is 6.06. The Morgan fingerprint density at radius 3 is 2.62 bits per heavy atom. The summed E-state index contributed by atoms with van der Waals surface area (Å²) in [7, 11) is 0. The molecule has 1 N–H and O–H groups in total. The van der Waals surface area contributed by atoms with Gasteiger partial charge in [0.1, 0.15) is 0 Å². The molecule has 0 amide bonds. The fourth-order valence-electron chi connectivity index (χ4n) is 1.16. The van der Waals surface area contributed by atoms with Gasteiger partial charge in [0.15, 0.2) is 17.7 Å². The molecule has 72 valence electrons. The molecule has 13 heavy (non-hydrogen) atoms. The molecule has 0 atom stereocenters. The van der Waals surface area contributed by atoms with E-state index in [1.165, 1.54) is 0 Å². The summed E-state index contributed by atoms with van der Waals surface area (Å²) < 4.78 is 1.66. The smallest absolute Gasteiger partial charge is 0.174 e. The van der Waals surface area contributed by atoms with Crippen LogP contribution in [0.2, 0.25) is 0 Å². The highest BCUT2D eigenvalue weighted by Gasteiger charge is 2.12. The lowest BCUT2D eigenvalue weighted by Gasteiger charge is -2.06. The van der Waals surface area contributed by atoms with E-state index in [2.05, 4.69) is 18.9 Å². The van der Waals surface area contributed by atoms with E-state index in [1.54, 1.807) is 11.6 Å². The molecule has 0 radical (unpaired) electrons. The summed E-state index contributed by atoms with van der Waals surface area (Å²) >= 11 is 0. The summed E-state index contributed by atoms with van der Waals surface area (Å²) in [5, 5.41) is 13.4. The van der Waals surface area contributed by atoms with Crippen LogP contribution in [0, 0.1) is 12.8 Å². The van der Waals surface area contributed by atoms with E-state index in [0.717, 1.165) is 0 Å². The minimum atomic E-state index is -0.00403. The first-order valence-electron chi connectivity index (χ1n) is 4.27. The Hall–Kier alpha value is -1.32. The lowest BCUT2D eigenvalue weighted by molar-refractivity contribution is 0.111. The van der Waals surface area contributed by atoms with Crippen LogP contribution >= 0.6 is 0 Å². The zero-order valence-electron chi connectivity index (χ0n) is 8.11. The van der Waals surface area contributed by atoms with Crippen LogP contribution in [0.25, 0.3) is 0 Å². The zero-order valence-corrected chi connectivity index (χ0v) is 8.11. The van der Waals surface area contributed by atoms with E-state index in [0.29, 0.717) is 24.4 Å². The summed E-state index contributed by atoms with van der Waals surface area (Å²) in [6.45, 7) is 6.57. The van der Waals surface area contributed by atoms with E-state index < -0.39 is 0 Å². The van der Waals surface area contributed by atoms with Crippen molar-refractivity contribution < 1.29 is 9.90 Å². The van der Waals surface area contributed by atoms with E-state index in [-0.39, 0.29) is 11.4 Å². The predicted molar refractivity (Wildman–Crippen MR) is 48.9 cm³/mol. The molecule has 0 aliphatic heterocycles. The Balaban J connectivity index is 3.02. The van der Waals surface area contributed by atoms with Crippen LogP contribution in [0.5, 0.6) is 5.75 Å². The molecule has 0 saturated heterocycles. The van der Waals surface area contributed by atoms with Crippen LogP contribution < -0.4 is 0 Å². The standard InChI is InChI=1S/C9H14N2O2/c1-6(2)4-11-7(3)9(13)8(5-12)10-11/h5-6,13H,4H2,1-3H3. The molecule has 1 aromatic rings. The molecule has 1 aromatic heterocycles. The van der Waals surface area contributed by atoms with Crippen LogP contribution in [0.15, 0.2) is 0 Å². The fraction of sp³-hybridized carbons (Fsp3) is 0.556. The van der Waals surface area contributed by atoms with Crippen molar-refractivity contribution in [3.05, 3.63) is 11.4 Å². The van der Waals surface area contributed by atoms with Gasteiger partial charge in [-0.1, -0.05) is 13.8 Å². The van der Waals surface area contributed by atoms with Crippen molar-refractivity contribution in [3.63, 3.8) is 0 Å². The Labute approximate surface area is 77.2 Å². The minimum Gasteiger partial charge on any atom is -0.504 e. The van der Waals surface area contributed by atoms with E-state index >= 15 is 0 Å². The maximum Gasteiger partial charge on any atom is 0.174 e. The van der Waals surface area contributed by atoms with Crippen LogP contribution in [-0.4, -0.2) is 21.2 Å². The number of nitrogens with zero attached hydrogens (tertiary/aromatic N) is 2. The minimum absolute atomic E-state index is 0.00403. The second kappa shape index (κ2) is 3.60. The molecule has 0 spiro atoms. The van der Waals surface area contributed by atoms with Crippen molar-refractivity contribution in [1.29, 1.82) is 0 Å². The Morgan fingerprint density at radius 1 is 1.62 bits per heavy atom. The molecule has 0 fully saturated rings. The molecule has 0 aliphatic carbocycles. The molecular weight excluding hydrogens is 168 g/mol. The SMILES string of the molecule is Cc1c(O)c(C=O)nn1CC(C)C. The Morgan fingerprint density at radius 2 is 2.23 bits per heavy atom. The topological polar surface area (TPSA) is 55.1 Å². The summed E-state index contributed by atoms with van der Waals surface area (Å²) in [5.74, 6) is 0.438. The number of hydrogen-bond donors (Lipinski definition) is 1. The number of carbonyl (C=O) groups excluding carboxylic acids is 1. The number of aromatic nitrogens is 2. The van der Waals surface area contributed by atoms with Crippen molar-refractivity contribution in [1.82, 2.24) is 9.78 Å². The van der Waals surface area contributed by atoms with Gasteiger partial charge < -0.3 is 5.11 Å². The molecular formula is C9H14N2O2. The van der Waals surface area contributed by atoms with Gasteiger partial charge in [0.25, 0.3) is 0 Å². The van der Waals surface area contributed by atoms with Crippen LogP contribution in [0.1, 0.15) is 30.0 Å². The summed E-state index contributed by atoms with van der Waals surface area (Å²) in [4.78, 5) is 10.4. The average molecular weight is 182 g/mol. The van der Waals surface area contributed by atoms with Crippen LogP contribution in [0.4, 0.5) is 0 Å². The second-order valence-corrected chi connectivity index (χ2v) is 3.51. The highest BCUT2D eigenvalue weighted by Crippen LogP contribution is 2.20. The number of aromatic hydroxyl groups is 1. The fourth-order valence-corrected chi connectivity index (χ4v) is 1.16. The highest BCUT2D eigenvalue weighted by atomic mass is 16.3. The third kappa shape index (κ3) is 1.88. The van der Waals surface area contributed by atoms with Crippen LogP contribution in [-0.2, 0) is 6.54 Å². The third-order valence-corrected chi connectivity index (χ3v) is 1.85. The lowest BCUT2D eigenvalue weighted by Crippen LogP contribution is -2.07. The largest absolute Gasteiger partial charge is 0.504 e. The predicted octanol–water partition coefficient (Wildman–Crippen LogP) is 1.37. The summed E-state index contributed by atoms with van der Waals surface area (Å²) in [6.07, 6.45) is 0.569. The van der Waals surface area contributed by atoms with Gasteiger partial charge in [-0.15, -0.1) is 0 Å². The van der Waals surface area contributed by atoms with Gasteiger partial charge in [0, 0.05) is 6.54 Å². The monoisotopic (exact) mass is 182 g/mol. The van der Waals surface area contributed by atoms with E-state index in [9.17, 15) is 9.90 Å². The van der Waals surface area contributed by atoms with Gasteiger partial charge >= 0.3 is 0 Å². The van der Waals surface area contributed by atoms with E-state index in [1.807, 2.05) is 0 Å². The quantitative estimate of drug-likeness (QED) is 0.718. The number of aldehydes is 1. The van der Waals surface area contributed by atoms with Gasteiger partial charge in [0.2, 0.25) is 0 Å². The molecule has 0 aliphatic rings. The van der Waals surface area contributed by atoms with Gasteiger partial charge in [-0.3, -0.25) is 9.48 Å².